The number of aryl methyl sites for hydroxylation is 1. The zero-order valence-electron chi connectivity index (χ0n) is 18.6. The molecule has 0 spiro atoms. The molecule has 0 unspecified atom stereocenters. The number of nitro benzene ring substituents is 2. The van der Waals surface area contributed by atoms with Crippen LogP contribution in [0.5, 0.6) is 5.75 Å². The molecule has 0 aromatic heterocycles. The highest BCUT2D eigenvalue weighted by molar-refractivity contribution is 5.97. The van der Waals surface area contributed by atoms with Crippen molar-refractivity contribution in [3.05, 3.63) is 109 Å². The van der Waals surface area contributed by atoms with Gasteiger partial charge < -0.3 is 5.11 Å². The predicted molar refractivity (Wildman–Crippen MR) is 129 cm³/mol. The van der Waals surface area contributed by atoms with Crippen LogP contribution in [0.2, 0.25) is 0 Å². The largest absolute Gasteiger partial charge is 0.507 e. The molecule has 0 heterocycles. The molecule has 0 aliphatic carbocycles. The van der Waals surface area contributed by atoms with Gasteiger partial charge in [-0.2, -0.15) is 10.2 Å². The molecule has 3 rings (SSSR count). The average molecular weight is 490 g/mol. The molecule has 3 aromatic carbocycles. The number of carbonyl (C=O) groups is 2. The van der Waals surface area contributed by atoms with Gasteiger partial charge in [0.1, 0.15) is 5.75 Å². The normalized spacial score (nSPS) is 10.9. The molecule has 3 N–H and O–H groups in total. The third kappa shape index (κ3) is 6.32. The molecule has 0 bridgehead atoms. The molecule has 2 amide bonds. The van der Waals surface area contributed by atoms with E-state index in [4.69, 9.17) is 0 Å². The smallest absolute Gasteiger partial charge is 0.271 e. The molecule has 0 aliphatic heterocycles. The molecule has 182 valence electrons. The van der Waals surface area contributed by atoms with Gasteiger partial charge in [0.15, 0.2) is 0 Å². The fourth-order valence-corrected chi connectivity index (χ4v) is 2.95. The number of nitrogens with zero attached hydrogens (tertiary/aromatic N) is 4. The number of non-ortho nitro benzene ring substituents is 2. The van der Waals surface area contributed by atoms with E-state index in [1.54, 1.807) is 19.1 Å². The standard InChI is InChI=1S/C23H18N6O7/c1-14-10-17(12-24-26-22(31)15-2-6-19(7-3-15)28(33)34)21(30)18(11-14)13-25-27-23(32)16-4-8-20(9-5-16)29(35)36/h2-13,30H,1H3,(H,26,31)(H,27,32)/b24-12-,25-13-. The van der Waals surface area contributed by atoms with Gasteiger partial charge in [0, 0.05) is 46.5 Å². The molecule has 3 aromatic rings. The quantitative estimate of drug-likeness (QED) is 0.245. The van der Waals surface area contributed by atoms with Gasteiger partial charge >= 0.3 is 0 Å². The Morgan fingerprint density at radius 3 is 1.47 bits per heavy atom. The van der Waals surface area contributed by atoms with E-state index in [-0.39, 0.29) is 39.4 Å². The van der Waals surface area contributed by atoms with Crippen LogP contribution >= 0.6 is 0 Å². The summed E-state index contributed by atoms with van der Waals surface area (Å²) in [5.74, 6) is -1.43. The molecular weight excluding hydrogens is 472 g/mol. The van der Waals surface area contributed by atoms with E-state index < -0.39 is 21.7 Å². The lowest BCUT2D eigenvalue weighted by molar-refractivity contribution is -0.385. The Morgan fingerprint density at radius 1 is 0.778 bits per heavy atom. The SMILES string of the molecule is Cc1cc(/C=N\NC(=O)c2ccc([N+](=O)[O-])cc2)c(O)c(/C=N\NC(=O)c2ccc([N+](=O)[O-])cc2)c1. The van der Waals surface area contributed by atoms with E-state index >= 15 is 0 Å². The minimum absolute atomic E-state index is 0.155. The number of rotatable bonds is 8. The molecule has 0 saturated carbocycles. The van der Waals surface area contributed by atoms with Gasteiger partial charge in [0.05, 0.1) is 22.3 Å². The van der Waals surface area contributed by atoms with Crippen molar-refractivity contribution in [3.63, 3.8) is 0 Å². The first-order valence-electron chi connectivity index (χ1n) is 10.1. The highest BCUT2D eigenvalue weighted by Gasteiger charge is 2.11. The van der Waals surface area contributed by atoms with Crippen LogP contribution in [0.4, 0.5) is 11.4 Å². The van der Waals surface area contributed by atoms with Crippen LogP contribution in [-0.4, -0.2) is 39.2 Å². The Hall–Kier alpha value is -5.46. The lowest BCUT2D eigenvalue weighted by Crippen LogP contribution is -2.17. The van der Waals surface area contributed by atoms with Crippen LogP contribution in [0.1, 0.15) is 37.4 Å². The highest BCUT2D eigenvalue weighted by Crippen LogP contribution is 2.22. The maximum absolute atomic E-state index is 12.2. The van der Waals surface area contributed by atoms with Crippen LogP contribution in [-0.2, 0) is 0 Å². The Balaban J connectivity index is 1.66. The van der Waals surface area contributed by atoms with Crippen molar-refractivity contribution in [3.8, 4) is 5.75 Å². The number of nitro groups is 2. The van der Waals surface area contributed by atoms with Crippen molar-refractivity contribution in [2.24, 2.45) is 10.2 Å². The van der Waals surface area contributed by atoms with Gasteiger partial charge in [0.25, 0.3) is 23.2 Å². The second kappa shape index (κ2) is 11.1. The molecular formula is C23H18N6O7. The molecule has 0 aliphatic rings. The van der Waals surface area contributed by atoms with Gasteiger partial charge in [0.2, 0.25) is 0 Å². The third-order valence-electron chi connectivity index (χ3n) is 4.73. The van der Waals surface area contributed by atoms with Gasteiger partial charge in [-0.1, -0.05) is 0 Å². The van der Waals surface area contributed by atoms with E-state index in [1.165, 1.54) is 61.0 Å². The zero-order valence-corrected chi connectivity index (χ0v) is 18.6. The molecule has 0 fully saturated rings. The minimum atomic E-state index is -0.607. The van der Waals surface area contributed by atoms with Gasteiger partial charge in [-0.05, 0) is 48.9 Å². The summed E-state index contributed by atoms with van der Waals surface area (Å²) in [7, 11) is 0. The summed E-state index contributed by atoms with van der Waals surface area (Å²) >= 11 is 0. The Morgan fingerprint density at radius 2 is 1.14 bits per heavy atom. The summed E-state index contributed by atoms with van der Waals surface area (Å²) in [6.45, 7) is 1.75. The first-order valence-corrected chi connectivity index (χ1v) is 10.1. The summed E-state index contributed by atoms with van der Waals surface area (Å²) < 4.78 is 0. The Bertz CT molecular complexity index is 1280. The summed E-state index contributed by atoms with van der Waals surface area (Å²) in [4.78, 5) is 44.6. The Kier molecular flexibility index (Phi) is 7.77. The van der Waals surface area contributed by atoms with Crippen molar-refractivity contribution >= 4 is 35.6 Å². The number of aromatic hydroxyl groups is 1. The zero-order chi connectivity index (χ0) is 26.2. The number of nitrogens with one attached hydrogen (secondary N) is 2. The van der Waals surface area contributed by atoms with Crippen molar-refractivity contribution in [1.82, 2.24) is 10.9 Å². The van der Waals surface area contributed by atoms with Crippen LogP contribution in [0.3, 0.4) is 0 Å². The van der Waals surface area contributed by atoms with Crippen molar-refractivity contribution in [1.29, 1.82) is 0 Å². The highest BCUT2D eigenvalue weighted by atomic mass is 16.6. The van der Waals surface area contributed by atoms with E-state index in [2.05, 4.69) is 21.1 Å². The second-order valence-electron chi connectivity index (χ2n) is 7.30. The average Bonchev–Trinajstić information content (AvgIpc) is 2.86. The van der Waals surface area contributed by atoms with Crippen LogP contribution in [0, 0.1) is 27.2 Å². The van der Waals surface area contributed by atoms with Crippen molar-refractivity contribution in [2.45, 2.75) is 6.92 Å². The van der Waals surface area contributed by atoms with Crippen LogP contribution < -0.4 is 10.9 Å². The maximum Gasteiger partial charge on any atom is 0.271 e. The minimum Gasteiger partial charge on any atom is -0.507 e. The number of phenols is 1. The maximum atomic E-state index is 12.2. The van der Waals surface area contributed by atoms with Gasteiger partial charge in [-0.3, -0.25) is 29.8 Å². The monoisotopic (exact) mass is 490 g/mol. The summed E-state index contributed by atoms with van der Waals surface area (Å²) in [6.07, 6.45) is 2.41. The van der Waals surface area contributed by atoms with Crippen molar-refractivity contribution < 1.29 is 24.5 Å². The lowest BCUT2D eigenvalue weighted by Gasteiger charge is -2.06. The number of hydrogen-bond donors (Lipinski definition) is 3. The van der Waals surface area contributed by atoms with Gasteiger partial charge in [-0.25, -0.2) is 10.9 Å². The number of hydrazone groups is 2. The summed E-state index contributed by atoms with van der Waals surface area (Å²) in [5, 5.41) is 39.5. The van der Waals surface area contributed by atoms with E-state index in [9.17, 15) is 34.9 Å². The van der Waals surface area contributed by atoms with Gasteiger partial charge in [-0.15, -0.1) is 0 Å². The number of hydrogen-bond acceptors (Lipinski definition) is 9. The molecule has 13 heteroatoms. The fourth-order valence-electron chi connectivity index (χ4n) is 2.95. The topological polar surface area (TPSA) is 189 Å². The third-order valence-corrected chi connectivity index (χ3v) is 4.73. The number of phenolic OH excluding ortho intramolecular Hbond substituents is 1. The number of benzene rings is 3. The molecule has 0 radical (unpaired) electrons. The summed E-state index contributed by atoms with van der Waals surface area (Å²) in [6, 6.07) is 13.1. The molecule has 0 saturated heterocycles. The van der Waals surface area contributed by atoms with E-state index in [1.807, 2.05) is 0 Å². The first-order chi connectivity index (χ1) is 17.2. The molecule has 36 heavy (non-hydrogen) atoms. The lowest BCUT2D eigenvalue weighted by atomic mass is 10.1. The second-order valence-corrected chi connectivity index (χ2v) is 7.30. The summed E-state index contributed by atoms with van der Waals surface area (Å²) in [5.41, 5.74) is 5.76. The number of amides is 2. The van der Waals surface area contributed by atoms with Crippen LogP contribution in [0.15, 0.2) is 70.9 Å². The van der Waals surface area contributed by atoms with E-state index in [0.29, 0.717) is 0 Å². The molecule has 13 nitrogen and oxygen atoms in total. The Labute approximate surface area is 203 Å². The predicted octanol–water partition coefficient (Wildman–Crippen LogP) is 3.04. The number of carbonyl (C=O) groups excluding carboxylic acids is 2. The fraction of sp³-hybridized carbons (Fsp3) is 0.0435. The molecule has 0 atom stereocenters. The van der Waals surface area contributed by atoms with Crippen molar-refractivity contribution in [2.75, 3.05) is 0 Å². The first kappa shape index (κ1) is 25.2. The van der Waals surface area contributed by atoms with Crippen LogP contribution in [0.25, 0.3) is 0 Å². The van der Waals surface area contributed by atoms with E-state index in [0.717, 1.165) is 5.56 Å².